The lowest BCUT2D eigenvalue weighted by Crippen LogP contribution is -2.30. The van der Waals surface area contributed by atoms with E-state index in [1.54, 1.807) is 24.3 Å². The van der Waals surface area contributed by atoms with Gasteiger partial charge in [0.05, 0.1) is 13.7 Å². The molecule has 172 valence electrons. The van der Waals surface area contributed by atoms with Gasteiger partial charge in [-0.2, -0.15) is 13.2 Å². The highest BCUT2D eigenvalue weighted by molar-refractivity contribution is 5.98. The number of benzene rings is 2. The van der Waals surface area contributed by atoms with Crippen molar-refractivity contribution in [1.82, 2.24) is 9.55 Å². The molecule has 33 heavy (non-hydrogen) atoms. The zero-order valence-electron chi connectivity index (χ0n) is 17.1. The van der Waals surface area contributed by atoms with Gasteiger partial charge in [-0.25, -0.2) is 13.8 Å². The van der Waals surface area contributed by atoms with Crippen LogP contribution in [0.15, 0.2) is 53.3 Å². The molecule has 4 rings (SSSR count). The fourth-order valence-corrected chi connectivity index (χ4v) is 3.69. The first kappa shape index (κ1) is 22.4. The van der Waals surface area contributed by atoms with Gasteiger partial charge in [-0.05, 0) is 35.4 Å². The molecule has 1 atom stereocenters. The highest BCUT2D eigenvalue weighted by Crippen LogP contribution is 2.34. The van der Waals surface area contributed by atoms with E-state index in [9.17, 15) is 31.5 Å². The second-order valence-corrected chi connectivity index (χ2v) is 7.42. The second kappa shape index (κ2) is 8.30. The van der Waals surface area contributed by atoms with E-state index in [0.717, 1.165) is 21.6 Å². The van der Waals surface area contributed by atoms with E-state index < -0.39 is 47.0 Å². The molecule has 2 heterocycles. The number of rotatable bonds is 5. The lowest BCUT2D eigenvalue weighted by atomic mass is 10.0. The molecule has 1 aromatic heterocycles. The van der Waals surface area contributed by atoms with E-state index in [0.29, 0.717) is 23.4 Å². The van der Waals surface area contributed by atoms with Crippen LogP contribution < -0.4 is 15.2 Å². The van der Waals surface area contributed by atoms with E-state index in [4.69, 9.17) is 4.74 Å². The van der Waals surface area contributed by atoms with E-state index >= 15 is 0 Å². The van der Waals surface area contributed by atoms with Gasteiger partial charge in [-0.15, -0.1) is 0 Å². The summed E-state index contributed by atoms with van der Waals surface area (Å²) in [5.74, 6) is -2.45. The molecule has 0 radical (unpaired) electrons. The second-order valence-electron chi connectivity index (χ2n) is 7.42. The molecule has 1 aliphatic heterocycles. The number of anilines is 1. The number of ether oxygens (including phenoxy) is 1. The first-order chi connectivity index (χ1) is 15.6. The van der Waals surface area contributed by atoms with Crippen LogP contribution in [0.25, 0.3) is 0 Å². The van der Waals surface area contributed by atoms with Crippen molar-refractivity contribution in [3.8, 4) is 5.75 Å². The van der Waals surface area contributed by atoms with Crippen molar-refractivity contribution in [2.45, 2.75) is 25.2 Å². The van der Waals surface area contributed by atoms with Gasteiger partial charge in [-0.1, -0.05) is 12.1 Å². The summed E-state index contributed by atoms with van der Waals surface area (Å²) in [6.45, 7) is -0.176. The Morgan fingerprint density at radius 3 is 2.18 bits per heavy atom. The lowest BCUT2D eigenvalue weighted by Gasteiger charge is -2.17. The topological polar surface area (TPSA) is 64.4 Å². The number of amides is 1. The maximum atomic E-state index is 13.6. The van der Waals surface area contributed by atoms with Gasteiger partial charge >= 0.3 is 6.18 Å². The molecular formula is C22H16F5N3O3. The van der Waals surface area contributed by atoms with Crippen LogP contribution in [0.1, 0.15) is 22.9 Å². The van der Waals surface area contributed by atoms with Crippen LogP contribution >= 0.6 is 0 Å². The number of carbonyl (C=O) groups excluding carboxylic acids is 1. The minimum absolute atomic E-state index is 0.0647. The molecule has 0 spiro atoms. The molecule has 6 nitrogen and oxygen atoms in total. The van der Waals surface area contributed by atoms with Gasteiger partial charge in [0.25, 0.3) is 11.5 Å². The monoisotopic (exact) mass is 465 g/mol. The number of halogens is 5. The van der Waals surface area contributed by atoms with Crippen molar-refractivity contribution >= 4 is 11.9 Å². The lowest BCUT2D eigenvalue weighted by molar-refractivity contribution is -0.141. The van der Waals surface area contributed by atoms with Crippen molar-refractivity contribution in [3.63, 3.8) is 0 Å². The minimum Gasteiger partial charge on any atom is -0.497 e. The summed E-state index contributed by atoms with van der Waals surface area (Å²) in [6, 6.07) is 8.04. The Bertz CT molecular complexity index is 1250. The van der Waals surface area contributed by atoms with Crippen molar-refractivity contribution in [2.75, 3.05) is 12.0 Å². The van der Waals surface area contributed by atoms with Crippen LogP contribution in [0.5, 0.6) is 5.75 Å². The van der Waals surface area contributed by atoms with E-state index in [-0.39, 0.29) is 18.5 Å². The number of hydrogen-bond donors (Lipinski definition) is 0. The number of alkyl halides is 3. The first-order valence-corrected chi connectivity index (χ1v) is 9.67. The molecule has 1 amide bonds. The Hall–Kier alpha value is -3.76. The van der Waals surface area contributed by atoms with Crippen LogP contribution in [-0.2, 0) is 23.9 Å². The molecule has 0 fully saturated rings. The quantitative estimate of drug-likeness (QED) is 0.537. The molecule has 0 saturated heterocycles. The summed E-state index contributed by atoms with van der Waals surface area (Å²) >= 11 is 0. The summed E-state index contributed by atoms with van der Waals surface area (Å²) in [5, 5.41) is 0. The van der Waals surface area contributed by atoms with Crippen molar-refractivity contribution < 1.29 is 31.5 Å². The Labute approximate surface area is 183 Å². The predicted octanol–water partition coefficient (Wildman–Crippen LogP) is 3.88. The van der Waals surface area contributed by atoms with E-state index in [1.165, 1.54) is 7.11 Å². The highest BCUT2D eigenvalue weighted by atomic mass is 19.4. The van der Waals surface area contributed by atoms with Gasteiger partial charge in [-0.3, -0.25) is 19.1 Å². The molecule has 1 aliphatic rings. The normalized spacial score (nSPS) is 15.6. The fourth-order valence-electron chi connectivity index (χ4n) is 3.69. The van der Waals surface area contributed by atoms with Gasteiger partial charge in [0, 0.05) is 18.6 Å². The first-order valence-electron chi connectivity index (χ1n) is 9.67. The molecular weight excluding hydrogens is 449 g/mol. The van der Waals surface area contributed by atoms with Gasteiger partial charge in [0.2, 0.25) is 5.95 Å². The highest BCUT2D eigenvalue weighted by Gasteiger charge is 2.42. The Morgan fingerprint density at radius 1 is 0.970 bits per heavy atom. The van der Waals surface area contributed by atoms with Crippen molar-refractivity contribution in [2.24, 2.45) is 0 Å². The Kier molecular flexibility index (Phi) is 5.64. The molecule has 0 bridgehead atoms. The molecule has 2 aromatic carbocycles. The zero-order chi connectivity index (χ0) is 23.9. The van der Waals surface area contributed by atoms with Crippen molar-refractivity contribution in [3.05, 3.63) is 87.3 Å². The van der Waals surface area contributed by atoms with Crippen LogP contribution in [0.3, 0.4) is 0 Å². The average molecular weight is 465 g/mol. The third kappa shape index (κ3) is 4.43. The number of hydrogen-bond acceptors (Lipinski definition) is 4. The maximum Gasteiger partial charge on any atom is 0.433 e. The van der Waals surface area contributed by atoms with Gasteiger partial charge in [0.15, 0.2) is 5.69 Å². The summed E-state index contributed by atoms with van der Waals surface area (Å²) in [5.41, 5.74) is -1.93. The third-order valence-corrected chi connectivity index (χ3v) is 5.18. The maximum absolute atomic E-state index is 13.6. The summed E-state index contributed by atoms with van der Waals surface area (Å²) in [4.78, 5) is 30.3. The van der Waals surface area contributed by atoms with Crippen LogP contribution in [0.2, 0.25) is 0 Å². The summed E-state index contributed by atoms with van der Waals surface area (Å²) < 4.78 is 73.0. The van der Waals surface area contributed by atoms with Gasteiger partial charge < -0.3 is 4.74 Å². The van der Waals surface area contributed by atoms with E-state index in [2.05, 4.69) is 4.98 Å². The number of methoxy groups -OCH3 is 1. The SMILES string of the molecule is COc1ccc(CN2C(=O)C(Cc3cc(F)cc(F)c3)n3c2nc(C(F)(F)F)cc3=O)cc1. The number of aromatic nitrogens is 2. The minimum atomic E-state index is -4.91. The summed E-state index contributed by atoms with van der Waals surface area (Å²) in [7, 11) is 1.46. The van der Waals surface area contributed by atoms with Crippen LogP contribution in [-0.4, -0.2) is 22.6 Å². The number of carbonyl (C=O) groups is 1. The number of nitrogens with zero attached hydrogens (tertiary/aromatic N) is 3. The number of fused-ring (bicyclic) bond motifs is 1. The molecule has 3 aromatic rings. The van der Waals surface area contributed by atoms with Crippen LogP contribution in [0.4, 0.5) is 27.9 Å². The Balaban J connectivity index is 1.78. The van der Waals surface area contributed by atoms with E-state index in [1.807, 2.05) is 0 Å². The summed E-state index contributed by atoms with van der Waals surface area (Å²) in [6.07, 6.45) is -5.22. The van der Waals surface area contributed by atoms with Crippen molar-refractivity contribution in [1.29, 1.82) is 0 Å². The van der Waals surface area contributed by atoms with Crippen LogP contribution in [0, 0.1) is 11.6 Å². The molecule has 1 unspecified atom stereocenters. The molecule has 0 saturated carbocycles. The largest absolute Gasteiger partial charge is 0.497 e. The molecule has 11 heteroatoms. The fraction of sp³-hybridized carbons (Fsp3) is 0.227. The average Bonchev–Trinajstić information content (AvgIpc) is 2.99. The standard InChI is InChI=1S/C22H16F5N3O3/c1-33-16-4-2-12(3-5-16)11-29-20(32)17(8-13-6-14(23)9-15(24)7-13)30-19(31)10-18(22(25,26)27)28-21(29)30/h2-7,9-10,17H,8,11H2,1H3. The molecule has 0 aliphatic carbocycles. The Morgan fingerprint density at radius 2 is 1.61 bits per heavy atom. The third-order valence-electron chi connectivity index (χ3n) is 5.18. The zero-order valence-corrected chi connectivity index (χ0v) is 17.1. The molecule has 0 N–H and O–H groups in total. The van der Waals surface area contributed by atoms with Gasteiger partial charge in [0.1, 0.15) is 23.4 Å². The predicted molar refractivity (Wildman–Crippen MR) is 107 cm³/mol. The smallest absolute Gasteiger partial charge is 0.433 e.